The van der Waals surface area contributed by atoms with Crippen molar-refractivity contribution >= 4 is 27.2 Å². The minimum Gasteiger partial charge on any atom is -0.384 e. The monoisotopic (exact) mass is 431 g/mol. The van der Waals surface area contributed by atoms with Crippen molar-refractivity contribution in [1.82, 2.24) is 15.0 Å². The summed E-state index contributed by atoms with van der Waals surface area (Å²) in [6, 6.07) is 19.4. The summed E-state index contributed by atoms with van der Waals surface area (Å²) in [7, 11) is -3.38. The molecule has 2 N–H and O–H groups in total. The standard InChI is InChI=1S/C23H21N5O2S/c1-31(29,30)20-9-2-6-17(14-20)23(18-7-4-12-25-15-18)28(19-8-5-13-26-16-19)22-11-3-10-21(24)27-22/h2-16,23H,1H3,(H2,24,27). The molecule has 4 rings (SSSR count). The van der Waals surface area contributed by atoms with Crippen molar-refractivity contribution in [2.75, 3.05) is 16.9 Å². The average molecular weight is 432 g/mol. The second kappa shape index (κ2) is 8.53. The molecule has 0 aliphatic heterocycles. The van der Waals surface area contributed by atoms with Crippen molar-refractivity contribution in [3.05, 3.63) is 103 Å². The van der Waals surface area contributed by atoms with Gasteiger partial charge in [-0.05, 0) is 53.6 Å². The summed E-state index contributed by atoms with van der Waals surface area (Å²) in [6.07, 6.45) is 8.07. The summed E-state index contributed by atoms with van der Waals surface area (Å²) in [5, 5.41) is 0. The van der Waals surface area contributed by atoms with Crippen LogP contribution in [0.5, 0.6) is 0 Å². The lowest BCUT2D eigenvalue weighted by atomic mass is 9.97. The molecule has 0 bridgehead atoms. The highest BCUT2D eigenvalue weighted by Gasteiger charge is 2.27. The van der Waals surface area contributed by atoms with Gasteiger partial charge in [-0.25, -0.2) is 13.4 Å². The van der Waals surface area contributed by atoms with Gasteiger partial charge in [-0.2, -0.15) is 0 Å². The number of sulfone groups is 1. The molecule has 0 aliphatic carbocycles. The second-order valence-corrected chi connectivity index (χ2v) is 9.05. The zero-order valence-corrected chi connectivity index (χ0v) is 17.6. The van der Waals surface area contributed by atoms with Gasteiger partial charge in [0.15, 0.2) is 9.84 Å². The van der Waals surface area contributed by atoms with Crippen LogP contribution in [-0.4, -0.2) is 29.6 Å². The van der Waals surface area contributed by atoms with Crippen LogP contribution in [0, 0.1) is 0 Å². The van der Waals surface area contributed by atoms with Crippen molar-refractivity contribution < 1.29 is 8.42 Å². The third kappa shape index (κ3) is 4.54. The Bertz CT molecular complexity index is 1280. The fraction of sp³-hybridized carbons (Fsp3) is 0.0870. The molecule has 1 unspecified atom stereocenters. The molecule has 8 heteroatoms. The van der Waals surface area contributed by atoms with E-state index in [-0.39, 0.29) is 4.90 Å². The average Bonchev–Trinajstić information content (AvgIpc) is 2.78. The molecular formula is C23H21N5O2S. The molecule has 0 saturated carbocycles. The first-order valence-corrected chi connectivity index (χ1v) is 11.4. The minimum absolute atomic E-state index is 0.241. The topological polar surface area (TPSA) is 102 Å². The molecule has 0 aliphatic rings. The number of benzene rings is 1. The van der Waals surface area contributed by atoms with Gasteiger partial charge in [-0.1, -0.05) is 24.3 Å². The molecular weight excluding hydrogens is 410 g/mol. The number of nitrogens with two attached hydrogens (primary N) is 1. The van der Waals surface area contributed by atoms with Gasteiger partial charge in [-0.15, -0.1) is 0 Å². The van der Waals surface area contributed by atoms with Gasteiger partial charge in [0.1, 0.15) is 11.6 Å². The summed E-state index contributed by atoms with van der Waals surface area (Å²) in [5.74, 6) is 0.979. The van der Waals surface area contributed by atoms with Crippen molar-refractivity contribution in [3.8, 4) is 0 Å². The van der Waals surface area contributed by atoms with Gasteiger partial charge in [-0.3, -0.25) is 9.97 Å². The van der Waals surface area contributed by atoms with Crippen molar-refractivity contribution in [2.45, 2.75) is 10.9 Å². The molecule has 0 saturated heterocycles. The van der Waals surface area contributed by atoms with E-state index in [1.807, 2.05) is 47.4 Å². The number of anilines is 3. The Balaban J connectivity index is 1.98. The zero-order chi connectivity index (χ0) is 21.8. The molecule has 3 aromatic heterocycles. The molecule has 3 heterocycles. The molecule has 1 atom stereocenters. The fourth-order valence-corrected chi connectivity index (χ4v) is 4.10. The maximum absolute atomic E-state index is 12.2. The lowest BCUT2D eigenvalue weighted by Crippen LogP contribution is -2.26. The Morgan fingerprint density at radius 2 is 1.58 bits per heavy atom. The number of hydrogen-bond donors (Lipinski definition) is 1. The van der Waals surface area contributed by atoms with Crippen LogP contribution in [0.25, 0.3) is 0 Å². The summed E-state index contributed by atoms with van der Waals surface area (Å²) in [6.45, 7) is 0. The van der Waals surface area contributed by atoms with E-state index in [0.29, 0.717) is 11.6 Å². The van der Waals surface area contributed by atoms with Crippen molar-refractivity contribution in [2.24, 2.45) is 0 Å². The van der Waals surface area contributed by atoms with Gasteiger partial charge >= 0.3 is 0 Å². The Kier molecular flexibility index (Phi) is 5.64. The smallest absolute Gasteiger partial charge is 0.175 e. The number of aromatic nitrogens is 3. The summed E-state index contributed by atoms with van der Waals surface area (Å²) >= 11 is 0. The number of nitrogen functional groups attached to an aromatic ring is 1. The van der Waals surface area contributed by atoms with E-state index in [0.717, 1.165) is 16.8 Å². The Morgan fingerprint density at radius 3 is 2.23 bits per heavy atom. The molecule has 31 heavy (non-hydrogen) atoms. The number of nitrogens with zero attached hydrogens (tertiary/aromatic N) is 4. The number of rotatable bonds is 6. The van der Waals surface area contributed by atoms with E-state index in [9.17, 15) is 8.42 Å². The van der Waals surface area contributed by atoms with E-state index < -0.39 is 15.9 Å². The predicted molar refractivity (Wildman–Crippen MR) is 121 cm³/mol. The van der Waals surface area contributed by atoms with Crippen LogP contribution in [0.1, 0.15) is 17.2 Å². The third-order valence-corrected chi connectivity index (χ3v) is 5.90. The van der Waals surface area contributed by atoms with E-state index in [4.69, 9.17) is 5.73 Å². The first kappa shape index (κ1) is 20.5. The molecule has 0 radical (unpaired) electrons. The highest BCUT2D eigenvalue weighted by molar-refractivity contribution is 7.90. The molecule has 0 fully saturated rings. The second-order valence-electron chi connectivity index (χ2n) is 7.04. The summed E-state index contributed by atoms with van der Waals surface area (Å²) < 4.78 is 24.5. The fourth-order valence-electron chi connectivity index (χ4n) is 3.43. The van der Waals surface area contributed by atoms with Gasteiger partial charge in [0.25, 0.3) is 0 Å². The molecule has 4 aromatic rings. The molecule has 7 nitrogen and oxygen atoms in total. The number of hydrogen-bond acceptors (Lipinski definition) is 7. The lowest BCUT2D eigenvalue weighted by Gasteiger charge is -2.33. The number of pyridine rings is 3. The van der Waals surface area contributed by atoms with Crippen LogP contribution < -0.4 is 10.6 Å². The van der Waals surface area contributed by atoms with E-state index in [1.54, 1.807) is 49.1 Å². The molecule has 156 valence electrons. The van der Waals surface area contributed by atoms with Gasteiger partial charge < -0.3 is 10.6 Å². The largest absolute Gasteiger partial charge is 0.384 e. The summed E-state index contributed by atoms with van der Waals surface area (Å²) in [4.78, 5) is 15.3. The first-order chi connectivity index (χ1) is 14.9. The Hall–Kier alpha value is -3.78. The molecule has 0 spiro atoms. The quantitative estimate of drug-likeness (QED) is 0.495. The van der Waals surface area contributed by atoms with Gasteiger partial charge in [0.2, 0.25) is 0 Å². The maximum Gasteiger partial charge on any atom is 0.175 e. The van der Waals surface area contributed by atoms with Crippen molar-refractivity contribution in [1.29, 1.82) is 0 Å². The predicted octanol–water partition coefficient (Wildman–Crippen LogP) is 3.79. The van der Waals surface area contributed by atoms with Crippen LogP contribution in [0.2, 0.25) is 0 Å². The van der Waals surface area contributed by atoms with Crippen LogP contribution in [0.15, 0.2) is 96.4 Å². The van der Waals surface area contributed by atoms with Crippen LogP contribution in [-0.2, 0) is 9.84 Å². The molecule has 0 amide bonds. The van der Waals surface area contributed by atoms with Gasteiger partial charge in [0, 0.05) is 24.8 Å². The Labute approximate surface area is 181 Å². The van der Waals surface area contributed by atoms with E-state index in [1.165, 1.54) is 6.26 Å². The molecule has 1 aromatic carbocycles. The minimum atomic E-state index is -3.38. The zero-order valence-electron chi connectivity index (χ0n) is 16.8. The summed E-state index contributed by atoms with van der Waals surface area (Å²) in [5.41, 5.74) is 8.40. The highest BCUT2D eigenvalue weighted by atomic mass is 32.2. The van der Waals surface area contributed by atoms with Crippen LogP contribution in [0.3, 0.4) is 0 Å². The van der Waals surface area contributed by atoms with E-state index >= 15 is 0 Å². The lowest BCUT2D eigenvalue weighted by molar-refractivity contribution is 0.601. The SMILES string of the molecule is CS(=O)(=O)c1cccc(C(c2cccnc2)N(c2cccnc2)c2cccc(N)n2)c1. The first-order valence-electron chi connectivity index (χ1n) is 9.55. The van der Waals surface area contributed by atoms with Gasteiger partial charge in [0.05, 0.1) is 22.8 Å². The maximum atomic E-state index is 12.2. The Morgan fingerprint density at radius 1 is 0.871 bits per heavy atom. The van der Waals surface area contributed by atoms with Crippen molar-refractivity contribution in [3.63, 3.8) is 0 Å². The van der Waals surface area contributed by atoms with Crippen LogP contribution in [0.4, 0.5) is 17.3 Å². The van der Waals surface area contributed by atoms with E-state index in [2.05, 4.69) is 15.0 Å². The van der Waals surface area contributed by atoms with Crippen LogP contribution >= 0.6 is 0 Å². The third-order valence-electron chi connectivity index (χ3n) is 4.79. The normalized spacial score (nSPS) is 12.3. The highest BCUT2D eigenvalue weighted by Crippen LogP contribution is 2.38.